The lowest BCUT2D eigenvalue weighted by atomic mass is 9.73. The van der Waals surface area contributed by atoms with Gasteiger partial charge in [-0.25, -0.2) is 4.79 Å². The zero-order valence-electron chi connectivity index (χ0n) is 15.3. The minimum Gasteiger partial charge on any atom is -0.444 e. The van der Waals surface area contributed by atoms with Crippen molar-refractivity contribution in [2.75, 3.05) is 0 Å². The maximum atomic E-state index is 12.4. The van der Waals surface area contributed by atoms with E-state index in [1.165, 1.54) is 11.1 Å². The van der Waals surface area contributed by atoms with Gasteiger partial charge < -0.3 is 10.1 Å². The Morgan fingerprint density at radius 2 is 2.08 bits per heavy atom. The molecule has 1 aromatic rings. The van der Waals surface area contributed by atoms with Crippen molar-refractivity contribution in [1.82, 2.24) is 5.32 Å². The normalized spacial score (nSPS) is 22.5. The van der Waals surface area contributed by atoms with Gasteiger partial charge in [0.1, 0.15) is 5.60 Å². The van der Waals surface area contributed by atoms with Crippen LogP contribution in [0, 0.1) is 17.8 Å². The zero-order valence-corrected chi connectivity index (χ0v) is 15.3. The van der Waals surface area contributed by atoms with Crippen LogP contribution in [0.5, 0.6) is 0 Å². The van der Waals surface area contributed by atoms with Crippen LogP contribution in [0.1, 0.15) is 70.5 Å². The van der Waals surface area contributed by atoms with Gasteiger partial charge in [-0.2, -0.15) is 0 Å². The van der Waals surface area contributed by atoms with Crippen LogP contribution in [0.25, 0.3) is 0 Å². The first-order valence-electron chi connectivity index (χ1n) is 8.82. The van der Waals surface area contributed by atoms with E-state index in [-0.39, 0.29) is 17.6 Å². The SMILES string of the molecule is C#CCCC1(CCC)Cc2ccccc2C1NC(=O)OC(C)(C)C. The molecule has 0 saturated heterocycles. The third-order valence-electron chi connectivity index (χ3n) is 4.70. The van der Waals surface area contributed by atoms with Gasteiger partial charge in [0.05, 0.1) is 6.04 Å². The van der Waals surface area contributed by atoms with Crippen molar-refractivity contribution >= 4 is 6.09 Å². The number of hydrogen-bond acceptors (Lipinski definition) is 2. The summed E-state index contributed by atoms with van der Waals surface area (Å²) < 4.78 is 5.50. The summed E-state index contributed by atoms with van der Waals surface area (Å²) in [4.78, 5) is 12.4. The van der Waals surface area contributed by atoms with Crippen LogP contribution >= 0.6 is 0 Å². The van der Waals surface area contributed by atoms with Crippen LogP contribution in [0.15, 0.2) is 24.3 Å². The van der Waals surface area contributed by atoms with E-state index in [1.807, 2.05) is 26.8 Å². The fourth-order valence-corrected chi connectivity index (χ4v) is 3.85. The number of terminal acetylenes is 1. The minimum absolute atomic E-state index is 0.0261. The molecule has 1 aromatic carbocycles. The summed E-state index contributed by atoms with van der Waals surface area (Å²) in [5.41, 5.74) is 1.98. The Balaban J connectivity index is 2.32. The molecule has 130 valence electrons. The van der Waals surface area contributed by atoms with E-state index in [0.29, 0.717) is 0 Å². The molecule has 3 heteroatoms. The molecule has 3 nitrogen and oxygen atoms in total. The number of carbonyl (C=O) groups excluding carboxylic acids is 1. The lowest BCUT2D eigenvalue weighted by Gasteiger charge is -2.36. The van der Waals surface area contributed by atoms with E-state index in [0.717, 1.165) is 32.1 Å². The summed E-state index contributed by atoms with van der Waals surface area (Å²) in [5.74, 6) is 2.77. The molecule has 2 atom stereocenters. The first-order chi connectivity index (χ1) is 11.3. The monoisotopic (exact) mass is 327 g/mol. The highest BCUT2D eigenvalue weighted by atomic mass is 16.6. The Kier molecular flexibility index (Phi) is 5.59. The molecule has 1 aliphatic rings. The smallest absolute Gasteiger partial charge is 0.408 e. The molecule has 0 radical (unpaired) electrons. The molecule has 0 spiro atoms. The first kappa shape index (κ1) is 18.4. The second-order valence-electron chi connectivity index (χ2n) is 7.77. The summed E-state index contributed by atoms with van der Waals surface area (Å²) in [6.07, 6.45) is 9.86. The first-order valence-corrected chi connectivity index (χ1v) is 8.82. The van der Waals surface area contributed by atoms with Crippen molar-refractivity contribution < 1.29 is 9.53 Å². The van der Waals surface area contributed by atoms with E-state index in [9.17, 15) is 4.79 Å². The molecule has 0 bridgehead atoms. The van der Waals surface area contributed by atoms with Crippen LogP contribution in [0.3, 0.4) is 0 Å². The van der Waals surface area contributed by atoms with Crippen molar-refractivity contribution in [2.45, 2.75) is 71.4 Å². The quantitative estimate of drug-likeness (QED) is 0.772. The molecule has 0 aromatic heterocycles. The largest absolute Gasteiger partial charge is 0.444 e. The molecular formula is C21H29NO2. The Labute approximate surface area is 146 Å². The Morgan fingerprint density at radius 1 is 1.38 bits per heavy atom. The number of benzene rings is 1. The van der Waals surface area contributed by atoms with Gasteiger partial charge in [0.15, 0.2) is 0 Å². The number of carbonyl (C=O) groups is 1. The highest BCUT2D eigenvalue weighted by molar-refractivity contribution is 5.69. The Bertz CT molecular complexity index is 623. The van der Waals surface area contributed by atoms with E-state index in [1.54, 1.807) is 0 Å². The van der Waals surface area contributed by atoms with Crippen LogP contribution < -0.4 is 5.32 Å². The van der Waals surface area contributed by atoms with Gasteiger partial charge in [-0.1, -0.05) is 37.6 Å². The number of nitrogens with one attached hydrogen (secondary N) is 1. The van der Waals surface area contributed by atoms with E-state index in [4.69, 9.17) is 11.2 Å². The van der Waals surface area contributed by atoms with Gasteiger partial charge in [-0.15, -0.1) is 12.3 Å². The van der Waals surface area contributed by atoms with Crippen molar-refractivity contribution in [2.24, 2.45) is 5.41 Å². The summed E-state index contributed by atoms with van der Waals surface area (Å²) in [6.45, 7) is 7.83. The lowest BCUT2D eigenvalue weighted by Crippen LogP contribution is -2.41. The highest BCUT2D eigenvalue weighted by Gasteiger charge is 2.46. The second-order valence-corrected chi connectivity index (χ2v) is 7.77. The molecule has 2 rings (SSSR count). The molecule has 0 saturated carbocycles. The number of alkyl carbamates (subject to hydrolysis) is 1. The van der Waals surface area contributed by atoms with Gasteiger partial charge in [-0.05, 0) is 56.6 Å². The maximum Gasteiger partial charge on any atom is 0.408 e. The van der Waals surface area contributed by atoms with E-state index < -0.39 is 5.60 Å². The number of rotatable bonds is 5. The van der Waals surface area contributed by atoms with E-state index >= 15 is 0 Å². The fraction of sp³-hybridized carbons (Fsp3) is 0.571. The highest BCUT2D eigenvalue weighted by Crippen LogP contribution is 2.51. The minimum atomic E-state index is -0.506. The van der Waals surface area contributed by atoms with Gasteiger partial charge in [-0.3, -0.25) is 0 Å². The molecule has 1 amide bonds. The summed E-state index contributed by atoms with van der Waals surface area (Å²) >= 11 is 0. The predicted octanol–water partition coefficient (Wildman–Crippen LogP) is 5.01. The number of fused-ring (bicyclic) bond motifs is 1. The van der Waals surface area contributed by atoms with Crippen molar-refractivity contribution in [3.63, 3.8) is 0 Å². The van der Waals surface area contributed by atoms with Crippen LogP contribution in [0.2, 0.25) is 0 Å². The molecule has 0 fully saturated rings. The van der Waals surface area contributed by atoms with Crippen molar-refractivity contribution in [1.29, 1.82) is 0 Å². The number of ether oxygens (including phenoxy) is 1. The molecule has 2 unspecified atom stereocenters. The summed E-state index contributed by atoms with van der Waals surface area (Å²) in [6, 6.07) is 8.33. The number of amides is 1. The average Bonchev–Trinajstić information content (AvgIpc) is 2.78. The fourth-order valence-electron chi connectivity index (χ4n) is 3.85. The van der Waals surface area contributed by atoms with Crippen LogP contribution in [0.4, 0.5) is 4.79 Å². The van der Waals surface area contributed by atoms with Crippen LogP contribution in [-0.2, 0) is 11.2 Å². The topological polar surface area (TPSA) is 38.3 Å². The summed E-state index contributed by atoms with van der Waals surface area (Å²) in [5, 5.41) is 3.15. The van der Waals surface area contributed by atoms with Crippen molar-refractivity contribution in [3.05, 3.63) is 35.4 Å². The van der Waals surface area contributed by atoms with Crippen LogP contribution in [-0.4, -0.2) is 11.7 Å². The standard InChI is InChI=1S/C21H29NO2/c1-6-8-14-21(13-7-2)15-16-11-9-10-12-17(16)18(21)22-19(23)24-20(3,4)5/h1,9-12,18H,7-8,13-15H2,2-5H3,(H,22,23). The zero-order chi connectivity index (χ0) is 17.8. The third-order valence-corrected chi connectivity index (χ3v) is 4.70. The van der Waals surface area contributed by atoms with Gasteiger partial charge in [0.25, 0.3) is 0 Å². The Hall–Kier alpha value is -1.95. The molecule has 1 aliphatic carbocycles. The predicted molar refractivity (Wildman–Crippen MR) is 97.7 cm³/mol. The summed E-state index contributed by atoms with van der Waals surface area (Å²) in [7, 11) is 0. The lowest BCUT2D eigenvalue weighted by molar-refractivity contribution is 0.0435. The maximum absolute atomic E-state index is 12.4. The second kappa shape index (κ2) is 7.30. The molecule has 0 heterocycles. The van der Waals surface area contributed by atoms with E-state index in [2.05, 4.69) is 36.4 Å². The third kappa shape index (κ3) is 4.12. The Morgan fingerprint density at radius 3 is 2.71 bits per heavy atom. The van der Waals surface area contributed by atoms with Gasteiger partial charge in [0, 0.05) is 6.42 Å². The molecule has 24 heavy (non-hydrogen) atoms. The average molecular weight is 327 g/mol. The number of hydrogen-bond donors (Lipinski definition) is 1. The molecule has 0 aliphatic heterocycles. The van der Waals surface area contributed by atoms with Gasteiger partial charge in [0.2, 0.25) is 0 Å². The van der Waals surface area contributed by atoms with Crippen molar-refractivity contribution in [3.8, 4) is 12.3 Å². The van der Waals surface area contributed by atoms with Gasteiger partial charge >= 0.3 is 6.09 Å². The molecular weight excluding hydrogens is 298 g/mol. The molecule has 1 N–H and O–H groups in total.